The maximum Gasteiger partial charge on any atom is 0.346 e. The second-order valence-corrected chi connectivity index (χ2v) is 7.66. The van der Waals surface area contributed by atoms with Crippen molar-refractivity contribution in [3.63, 3.8) is 0 Å². The summed E-state index contributed by atoms with van der Waals surface area (Å²) < 4.78 is 12.2. The fraction of sp³-hybridized carbons (Fsp3) is 0.176. The molecule has 9 heteroatoms. The molecule has 0 spiro atoms. The summed E-state index contributed by atoms with van der Waals surface area (Å²) >= 11 is 0. The lowest BCUT2D eigenvalue weighted by molar-refractivity contribution is 0.341. The topological polar surface area (TPSA) is 135 Å². The zero-order chi connectivity index (χ0) is 18.9. The van der Waals surface area contributed by atoms with Gasteiger partial charge in [-0.2, -0.15) is 0 Å². The predicted molar refractivity (Wildman–Crippen MR) is 98.0 cm³/mol. The zero-order valence-corrected chi connectivity index (χ0v) is 14.7. The molecule has 8 nitrogen and oxygen atoms in total. The number of nitrogens with one attached hydrogen (secondary N) is 3. The molecule has 0 aliphatic heterocycles. The monoisotopic (exact) mass is 375 g/mol. The van der Waals surface area contributed by atoms with Gasteiger partial charge < -0.3 is 19.8 Å². The predicted octanol–water partition coefficient (Wildman–Crippen LogP) is 1.74. The third-order valence-electron chi connectivity index (χ3n) is 4.13. The van der Waals surface area contributed by atoms with E-state index in [0.717, 1.165) is 5.56 Å². The van der Waals surface area contributed by atoms with Gasteiger partial charge in [0.05, 0.1) is 11.0 Å². The SMILES string of the molecule is C[C@H](NC(c1cccc2[nH]c(=O)c(=O)[nH]c12)P(=O)(O)O)c1ccccc1. The van der Waals surface area contributed by atoms with Crippen LogP contribution in [0.15, 0.2) is 58.1 Å². The Kier molecular flexibility index (Phi) is 4.93. The lowest BCUT2D eigenvalue weighted by atomic mass is 10.1. The first-order chi connectivity index (χ1) is 12.3. The van der Waals surface area contributed by atoms with E-state index < -0.39 is 24.5 Å². The van der Waals surface area contributed by atoms with Crippen molar-refractivity contribution in [2.24, 2.45) is 0 Å². The molecule has 136 valence electrons. The summed E-state index contributed by atoms with van der Waals surface area (Å²) in [5.41, 5.74) is -0.184. The van der Waals surface area contributed by atoms with Gasteiger partial charge in [-0.05, 0) is 18.6 Å². The van der Waals surface area contributed by atoms with Crippen molar-refractivity contribution >= 4 is 18.6 Å². The van der Waals surface area contributed by atoms with Gasteiger partial charge in [-0.25, -0.2) is 0 Å². The summed E-state index contributed by atoms with van der Waals surface area (Å²) in [6, 6.07) is 13.5. The number of hydrogen-bond acceptors (Lipinski definition) is 4. The van der Waals surface area contributed by atoms with E-state index in [2.05, 4.69) is 15.3 Å². The molecule has 3 rings (SSSR count). The van der Waals surface area contributed by atoms with Crippen LogP contribution < -0.4 is 16.4 Å². The third kappa shape index (κ3) is 3.68. The summed E-state index contributed by atoms with van der Waals surface area (Å²) in [6.07, 6.45) is 0. The number of fused-ring (bicyclic) bond motifs is 1. The van der Waals surface area contributed by atoms with Gasteiger partial charge in [-0.3, -0.25) is 19.5 Å². The summed E-state index contributed by atoms with van der Waals surface area (Å²) in [6.45, 7) is 1.79. The van der Waals surface area contributed by atoms with E-state index in [0.29, 0.717) is 5.52 Å². The maximum atomic E-state index is 12.2. The molecule has 2 aromatic carbocycles. The molecule has 0 radical (unpaired) electrons. The normalized spacial score (nSPS) is 14.3. The number of benzene rings is 2. The van der Waals surface area contributed by atoms with Crippen LogP contribution in [0, 0.1) is 0 Å². The highest BCUT2D eigenvalue weighted by atomic mass is 31.2. The Morgan fingerprint density at radius 2 is 1.62 bits per heavy atom. The summed E-state index contributed by atoms with van der Waals surface area (Å²) in [7, 11) is -4.63. The average molecular weight is 375 g/mol. The highest BCUT2D eigenvalue weighted by Crippen LogP contribution is 2.51. The molecule has 0 fully saturated rings. The van der Waals surface area contributed by atoms with Crippen molar-refractivity contribution in [2.45, 2.75) is 18.7 Å². The smallest absolute Gasteiger partial charge is 0.323 e. The number of para-hydroxylation sites is 1. The molecule has 0 amide bonds. The molecule has 5 N–H and O–H groups in total. The Hall–Kier alpha value is -2.51. The molecular weight excluding hydrogens is 357 g/mol. The first kappa shape index (κ1) is 18.3. The molecule has 1 aromatic heterocycles. The molecule has 0 saturated carbocycles. The molecule has 3 aromatic rings. The van der Waals surface area contributed by atoms with E-state index in [1.165, 1.54) is 6.07 Å². The highest BCUT2D eigenvalue weighted by molar-refractivity contribution is 7.52. The fourth-order valence-corrected chi connectivity index (χ4v) is 3.83. The first-order valence-corrected chi connectivity index (χ1v) is 9.57. The molecule has 0 aliphatic carbocycles. The standard InChI is InChI=1S/C17H18N3O5P/c1-10(11-6-3-2-4-7-11)18-17(26(23,24)25)12-8-5-9-13-14(12)20-16(22)15(21)19-13/h2-10,17-18H,1H3,(H,19,21)(H,20,22)(H2,23,24,25)/t10-,17?/m0/s1. The average Bonchev–Trinajstić information content (AvgIpc) is 2.60. The quantitative estimate of drug-likeness (QED) is 0.341. The van der Waals surface area contributed by atoms with E-state index in [1.54, 1.807) is 19.1 Å². The number of aromatic amines is 2. The van der Waals surface area contributed by atoms with Gasteiger partial charge in [0.15, 0.2) is 0 Å². The second-order valence-electron chi connectivity index (χ2n) is 5.97. The first-order valence-electron chi connectivity index (χ1n) is 7.89. The minimum atomic E-state index is -4.63. The van der Waals surface area contributed by atoms with E-state index in [1.807, 2.05) is 30.3 Å². The van der Waals surface area contributed by atoms with Crippen molar-refractivity contribution < 1.29 is 14.4 Å². The van der Waals surface area contributed by atoms with Crippen LogP contribution in [0.2, 0.25) is 0 Å². The zero-order valence-electron chi connectivity index (χ0n) is 13.8. The Balaban J connectivity index is 2.11. The lowest BCUT2D eigenvalue weighted by Gasteiger charge is -2.25. The number of rotatable bonds is 5. The maximum absolute atomic E-state index is 12.2. The fourth-order valence-electron chi connectivity index (χ4n) is 2.83. The Bertz CT molecular complexity index is 1090. The number of H-pyrrole nitrogens is 2. The molecule has 26 heavy (non-hydrogen) atoms. The lowest BCUT2D eigenvalue weighted by Crippen LogP contribution is -2.30. The van der Waals surface area contributed by atoms with Crippen LogP contribution in [0.25, 0.3) is 11.0 Å². The van der Waals surface area contributed by atoms with E-state index in [4.69, 9.17) is 0 Å². The molecule has 0 saturated heterocycles. The van der Waals surface area contributed by atoms with Crippen LogP contribution in [-0.4, -0.2) is 19.8 Å². The minimum absolute atomic E-state index is 0.179. The van der Waals surface area contributed by atoms with Crippen molar-refractivity contribution in [1.29, 1.82) is 0 Å². The van der Waals surface area contributed by atoms with Crippen LogP contribution in [-0.2, 0) is 4.57 Å². The van der Waals surface area contributed by atoms with Crippen LogP contribution in [0.5, 0.6) is 0 Å². The largest absolute Gasteiger partial charge is 0.346 e. The minimum Gasteiger partial charge on any atom is -0.323 e. The summed E-state index contributed by atoms with van der Waals surface area (Å²) in [5.74, 6) is -1.36. The van der Waals surface area contributed by atoms with Gasteiger partial charge >= 0.3 is 18.7 Å². The van der Waals surface area contributed by atoms with Crippen LogP contribution in [0.3, 0.4) is 0 Å². The number of aromatic nitrogens is 2. The van der Waals surface area contributed by atoms with E-state index in [9.17, 15) is 23.9 Å². The Morgan fingerprint density at radius 3 is 2.27 bits per heavy atom. The summed E-state index contributed by atoms with van der Waals surface area (Å²) in [4.78, 5) is 47.8. The molecule has 2 atom stereocenters. The molecular formula is C17H18N3O5P. The van der Waals surface area contributed by atoms with Crippen molar-refractivity contribution in [3.05, 3.63) is 80.4 Å². The third-order valence-corrected chi connectivity index (χ3v) is 5.23. The van der Waals surface area contributed by atoms with Gasteiger partial charge in [0.25, 0.3) is 0 Å². The van der Waals surface area contributed by atoms with Gasteiger partial charge in [0.2, 0.25) is 0 Å². The molecule has 1 unspecified atom stereocenters. The van der Waals surface area contributed by atoms with Crippen molar-refractivity contribution in [3.8, 4) is 0 Å². The molecule has 1 heterocycles. The summed E-state index contributed by atoms with van der Waals surface area (Å²) in [5, 5.41) is 2.94. The highest BCUT2D eigenvalue weighted by Gasteiger charge is 2.33. The van der Waals surface area contributed by atoms with Gasteiger partial charge in [-0.1, -0.05) is 42.5 Å². The van der Waals surface area contributed by atoms with Gasteiger partial charge in [-0.15, -0.1) is 0 Å². The van der Waals surface area contributed by atoms with Crippen molar-refractivity contribution in [2.75, 3.05) is 0 Å². The molecule has 0 bridgehead atoms. The van der Waals surface area contributed by atoms with Crippen LogP contribution in [0.1, 0.15) is 29.9 Å². The van der Waals surface area contributed by atoms with Crippen molar-refractivity contribution in [1.82, 2.24) is 15.3 Å². The van der Waals surface area contributed by atoms with Gasteiger partial charge in [0, 0.05) is 11.6 Å². The van der Waals surface area contributed by atoms with Gasteiger partial charge in [0.1, 0.15) is 5.78 Å². The Morgan fingerprint density at radius 1 is 0.962 bits per heavy atom. The van der Waals surface area contributed by atoms with Crippen LogP contribution >= 0.6 is 7.60 Å². The van der Waals surface area contributed by atoms with E-state index in [-0.39, 0.29) is 17.1 Å². The van der Waals surface area contributed by atoms with Crippen LogP contribution in [0.4, 0.5) is 0 Å². The Labute approximate surface area is 148 Å². The van der Waals surface area contributed by atoms with E-state index >= 15 is 0 Å². The number of hydrogen-bond donors (Lipinski definition) is 5. The second kappa shape index (κ2) is 7.01. The molecule has 0 aliphatic rings.